The van der Waals surface area contributed by atoms with Gasteiger partial charge in [-0.25, -0.2) is 0 Å². The van der Waals surface area contributed by atoms with E-state index in [1.54, 1.807) is 17.0 Å². The van der Waals surface area contributed by atoms with Gasteiger partial charge in [-0.1, -0.05) is 50.3 Å². The summed E-state index contributed by atoms with van der Waals surface area (Å²) in [6, 6.07) is 8.59. The van der Waals surface area contributed by atoms with Gasteiger partial charge in [0.15, 0.2) is 5.78 Å². The number of carbonyl (C=O) groups is 3. The van der Waals surface area contributed by atoms with Gasteiger partial charge >= 0.3 is 0 Å². The Balaban J connectivity index is 1.41. The Morgan fingerprint density at radius 2 is 1.83 bits per heavy atom. The lowest BCUT2D eigenvalue weighted by molar-refractivity contribution is -0.139. The number of benzene rings is 1. The monoisotopic (exact) mass is 396 g/mol. The van der Waals surface area contributed by atoms with E-state index in [9.17, 15) is 14.4 Å². The van der Waals surface area contributed by atoms with Crippen LogP contribution in [0.15, 0.2) is 30.3 Å². The van der Waals surface area contributed by atoms with Crippen molar-refractivity contribution in [2.24, 2.45) is 11.8 Å². The normalized spacial score (nSPS) is 34.1. The van der Waals surface area contributed by atoms with E-state index >= 15 is 0 Å². The first-order valence-corrected chi connectivity index (χ1v) is 10.9. The number of Topliss-reactive ketones (excluding diaryl/α,β-unsaturated/α-hetero) is 1. The van der Waals surface area contributed by atoms with Gasteiger partial charge in [-0.3, -0.25) is 14.4 Å². The molecular formula is C23H28N2O4. The molecule has 2 amide bonds. The molecule has 4 aliphatic rings. The first-order chi connectivity index (χ1) is 14.1. The van der Waals surface area contributed by atoms with Crippen LogP contribution >= 0.6 is 0 Å². The lowest BCUT2D eigenvalue weighted by atomic mass is 9.84. The Bertz CT molecular complexity index is 819. The fourth-order valence-electron chi connectivity index (χ4n) is 5.78. The van der Waals surface area contributed by atoms with E-state index < -0.39 is 11.6 Å². The maximum Gasteiger partial charge on any atom is 0.252 e. The van der Waals surface area contributed by atoms with Gasteiger partial charge in [-0.15, -0.1) is 0 Å². The molecule has 154 valence electrons. The number of ketones is 1. The molecule has 0 aromatic heterocycles. The smallest absolute Gasteiger partial charge is 0.252 e. The number of hydrogen-bond acceptors (Lipinski definition) is 4. The Morgan fingerprint density at radius 1 is 1.07 bits per heavy atom. The summed E-state index contributed by atoms with van der Waals surface area (Å²) < 4.78 is 5.57. The van der Waals surface area contributed by atoms with E-state index in [2.05, 4.69) is 5.32 Å². The first-order valence-electron chi connectivity index (χ1n) is 10.9. The minimum absolute atomic E-state index is 0.0137. The number of likely N-dealkylation sites (tertiary alicyclic amines) is 1. The van der Waals surface area contributed by atoms with Gasteiger partial charge in [0.25, 0.3) is 5.91 Å². The third-order valence-electron chi connectivity index (χ3n) is 7.36. The third-order valence-corrected chi connectivity index (χ3v) is 7.36. The van der Waals surface area contributed by atoms with Crippen molar-refractivity contribution in [1.82, 2.24) is 10.2 Å². The molecule has 1 aromatic carbocycles. The predicted octanol–water partition coefficient (Wildman–Crippen LogP) is 2.32. The SMILES string of the molecule is O=C(NC1(C(=O)N2CC[C@H]3OCC(=O)[C@H]32)CC1C1CCCCC1)c1ccccc1. The van der Waals surface area contributed by atoms with Crippen LogP contribution in [0.5, 0.6) is 0 Å². The minimum Gasteiger partial charge on any atom is -0.368 e. The Labute approximate surface area is 171 Å². The highest BCUT2D eigenvalue weighted by molar-refractivity contribution is 6.03. The number of nitrogens with one attached hydrogen (secondary N) is 1. The molecule has 2 unspecified atom stereocenters. The van der Waals surface area contributed by atoms with E-state index in [1.165, 1.54) is 19.3 Å². The van der Waals surface area contributed by atoms with Crippen molar-refractivity contribution in [2.45, 2.75) is 62.6 Å². The number of rotatable bonds is 4. The topological polar surface area (TPSA) is 75.7 Å². The van der Waals surface area contributed by atoms with Gasteiger partial charge < -0.3 is 15.0 Å². The van der Waals surface area contributed by atoms with Crippen molar-refractivity contribution >= 4 is 17.6 Å². The van der Waals surface area contributed by atoms with Crippen molar-refractivity contribution in [3.8, 4) is 0 Å². The summed E-state index contributed by atoms with van der Waals surface area (Å²) in [5.41, 5.74) is -0.305. The van der Waals surface area contributed by atoms with Crippen molar-refractivity contribution in [3.05, 3.63) is 35.9 Å². The second kappa shape index (κ2) is 7.24. The molecule has 1 aromatic rings. The predicted molar refractivity (Wildman–Crippen MR) is 106 cm³/mol. The zero-order chi connectivity index (χ0) is 20.0. The number of amides is 2. The highest BCUT2D eigenvalue weighted by Gasteiger charge is 2.66. The third kappa shape index (κ3) is 3.18. The van der Waals surface area contributed by atoms with E-state index in [1.807, 2.05) is 18.2 Å². The molecule has 6 heteroatoms. The molecule has 5 rings (SSSR count). The fourth-order valence-corrected chi connectivity index (χ4v) is 5.78. The molecule has 0 radical (unpaired) electrons. The summed E-state index contributed by atoms with van der Waals surface area (Å²) in [5.74, 6) is 0.336. The second-order valence-corrected chi connectivity index (χ2v) is 9.05. The standard InChI is InChI=1S/C23H28N2O4/c26-18-14-29-19-11-12-25(20(18)19)22(28)23(13-17(23)15-7-3-1-4-8-15)24-21(27)16-9-5-2-6-10-16/h2,5-6,9-10,15,17,19-20H,1,3-4,7-8,11-14H2,(H,24,27)/t17?,19-,20-,23?/m1/s1. The van der Waals surface area contributed by atoms with Crippen LogP contribution in [0, 0.1) is 11.8 Å². The first kappa shape index (κ1) is 18.8. The van der Waals surface area contributed by atoms with E-state index in [0.717, 1.165) is 12.8 Å². The summed E-state index contributed by atoms with van der Waals surface area (Å²) in [6.07, 6.45) is 7.07. The van der Waals surface area contributed by atoms with Crippen molar-refractivity contribution in [2.75, 3.05) is 13.2 Å². The van der Waals surface area contributed by atoms with Gasteiger partial charge in [0.2, 0.25) is 5.91 Å². The van der Waals surface area contributed by atoms with Crippen LogP contribution in [0.3, 0.4) is 0 Å². The average molecular weight is 396 g/mol. The number of ether oxygens (including phenoxy) is 1. The summed E-state index contributed by atoms with van der Waals surface area (Å²) in [7, 11) is 0. The Hall–Kier alpha value is -2.21. The largest absolute Gasteiger partial charge is 0.368 e. The maximum atomic E-state index is 13.7. The van der Waals surface area contributed by atoms with Crippen LogP contribution in [-0.2, 0) is 14.3 Å². The van der Waals surface area contributed by atoms with E-state index in [-0.39, 0.29) is 36.2 Å². The fraction of sp³-hybridized carbons (Fsp3) is 0.609. The van der Waals surface area contributed by atoms with Crippen LogP contribution in [-0.4, -0.2) is 53.3 Å². The van der Waals surface area contributed by atoms with E-state index in [4.69, 9.17) is 4.74 Å². The number of carbonyl (C=O) groups excluding carboxylic acids is 3. The van der Waals surface area contributed by atoms with Crippen LogP contribution in [0.1, 0.15) is 55.3 Å². The molecule has 0 spiro atoms. The summed E-state index contributed by atoms with van der Waals surface area (Å²) in [4.78, 5) is 40.7. The van der Waals surface area contributed by atoms with E-state index in [0.29, 0.717) is 30.9 Å². The molecular weight excluding hydrogens is 368 g/mol. The summed E-state index contributed by atoms with van der Waals surface area (Å²) >= 11 is 0. The summed E-state index contributed by atoms with van der Waals surface area (Å²) in [6.45, 7) is 0.620. The van der Waals surface area contributed by atoms with Gasteiger partial charge in [0, 0.05) is 12.1 Å². The lowest BCUT2D eigenvalue weighted by Crippen LogP contribution is -2.55. The highest BCUT2D eigenvalue weighted by atomic mass is 16.5. The molecule has 2 heterocycles. The van der Waals surface area contributed by atoms with Crippen LogP contribution in [0.2, 0.25) is 0 Å². The van der Waals surface area contributed by atoms with Crippen molar-refractivity contribution < 1.29 is 19.1 Å². The zero-order valence-corrected chi connectivity index (χ0v) is 16.6. The molecule has 0 bridgehead atoms. The molecule has 29 heavy (non-hydrogen) atoms. The van der Waals surface area contributed by atoms with Crippen molar-refractivity contribution in [1.29, 1.82) is 0 Å². The zero-order valence-electron chi connectivity index (χ0n) is 16.6. The number of hydrogen-bond donors (Lipinski definition) is 1. The minimum atomic E-state index is -0.868. The van der Waals surface area contributed by atoms with Gasteiger partial charge in [-0.2, -0.15) is 0 Å². The highest BCUT2D eigenvalue weighted by Crippen LogP contribution is 2.54. The molecule has 4 fully saturated rings. The van der Waals surface area contributed by atoms with Gasteiger partial charge in [0.05, 0.1) is 6.10 Å². The quantitative estimate of drug-likeness (QED) is 0.848. The molecule has 1 N–H and O–H groups in total. The van der Waals surface area contributed by atoms with Crippen LogP contribution < -0.4 is 5.32 Å². The Morgan fingerprint density at radius 3 is 2.59 bits per heavy atom. The summed E-state index contributed by atoms with van der Waals surface area (Å²) in [5, 5.41) is 3.12. The molecule has 4 atom stereocenters. The number of fused-ring (bicyclic) bond motifs is 1. The Kier molecular flexibility index (Phi) is 4.69. The molecule has 2 aliphatic carbocycles. The molecule has 2 saturated carbocycles. The second-order valence-electron chi connectivity index (χ2n) is 9.05. The van der Waals surface area contributed by atoms with Gasteiger partial charge in [0.1, 0.15) is 18.2 Å². The molecule has 6 nitrogen and oxygen atoms in total. The van der Waals surface area contributed by atoms with Gasteiger partial charge in [-0.05, 0) is 36.8 Å². The van der Waals surface area contributed by atoms with Crippen molar-refractivity contribution in [3.63, 3.8) is 0 Å². The molecule has 2 aliphatic heterocycles. The molecule has 2 saturated heterocycles. The lowest BCUT2D eigenvalue weighted by Gasteiger charge is -2.31. The van der Waals surface area contributed by atoms with Crippen LogP contribution in [0.4, 0.5) is 0 Å². The average Bonchev–Trinajstić information content (AvgIpc) is 3.13. The van der Waals surface area contributed by atoms with Crippen LogP contribution in [0.25, 0.3) is 0 Å². The maximum absolute atomic E-state index is 13.7. The number of nitrogens with zero attached hydrogens (tertiary/aromatic N) is 1.